The summed E-state index contributed by atoms with van der Waals surface area (Å²) in [5.74, 6) is 0.140. The van der Waals surface area contributed by atoms with Crippen LogP contribution in [-0.2, 0) is 0 Å². The van der Waals surface area contributed by atoms with Crippen molar-refractivity contribution in [3.63, 3.8) is 0 Å². The lowest BCUT2D eigenvalue weighted by Crippen LogP contribution is -1.77. The Labute approximate surface area is 43.0 Å². The molecule has 0 heterocycles. The Morgan fingerprint density at radius 1 is 1.86 bits per heavy atom. The summed E-state index contributed by atoms with van der Waals surface area (Å²) < 4.78 is 0. The van der Waals surface area contributed by atoms with Gasteiger partial charge in [-0.15, -0.1) is 0 Å². The highest BCUT2D eigenvalue weighted by Crippen LogP contribution is 1.89. The summed E-state index contributed by atoms with van der Waals surface area (Å²) in [6.07, 6.45) is 3.46. The van der Waals surface area contributed by atoms with Gasteiger partial charge in [0.15, 0.2) is 0 Å². The average Bonchev–Trinajstić information content (AvgIpc) is 1.61. The lowest BCUT2D eigenvalue weighted by atomic mass is 10.4. The van der Waals surface area contributed by atoms with Crippen molar-refractivity contribution < 1.29 is 5.11 Å². The Kier molecular flexibility index (Phi) is 2.85. The van der Waals surface area contributed by atoms with Gasteiger partial charge < -0.3 is 10.8 Å². The van der Waals surface area contributed by atoms with Gasteiger partial charge in [0.2, 0.25) is 0 Å². The highest BCUT2D eigenvalue weighted by atomic mass is 16.3. The Balaban J connectivity index is 3.14. The molecule has 0 unspecified atom stereocenters. The molecule has 7 heavy (non-hydrogen) atoms. The van der Waals surface area contributed by atoms with Crippen LogP contribution in [-0.4, -0.2) is 5.11 Å². The van der Waals surface area contributed by atoms with Gasteiger partial charge in [0, 0.05) is 6.42 Å². The van der Waals surface area contributed by atoms with Gasteiger partial charge in [0.05, 0.1) is 5.76 Å². The topological polar surface area (TPSA) is 46.2 Å². The first kappa shape index (κ1) is 6.08. The molecule has 0 saturated heterocycles. The molecular formula is C5H9NO. The van der Waals surface area contributed by atoms with E-state index in [1.165, 1.54) is 6.20 Å². The molecule has 0 amide bonds. The van der Waals surface area contributed by atoms with E-state index >= 15 is 0 Å². The van der Waals surface area contributed by atoms with Gasteiger partial charge in [0.25, 0.3) is 0 Å². The Morgan fingerprint density at radius 2 is 2.43 bits per heavy atom. The van der Waals surface area contributed by atoms with Gasteiger partial charge in [0.1, 0.15) is 0 Å². The number of aliphatic hydroxyl groups is 1. The van der Waals surface area contributed by atoms with Crippen molar-refractivity contribution in [3.8, 4) is 0 Å². The fourth-order valence-corrected chi connectivity index (χ4v) is 0.204. The number of rotatable bonds is 2. The number of hydrogen-bond acceptors (Lipinski definition) is 2. The van der Waals surface area contributed by atoms with E-state index < -0.39 is 0 Å². The van der Waals surface area contributed by atoms with Crippen LogP contribution in [0.2, 0.25) is 0 Å². The predicted molar refractivity (Wildman–Crippen MR) is 29.7 cm³/mol. The van der Waals surface area contributed by atoms with Gasteiger partial charge in [-0.3, -0.25) is 0 Å². The fraction of sp³-hybridized carbons (Fsp3) is 0.200. The van der Waals surface area contributed by atoms with Crippen LogP contribution in [0.4, 0.5) is 0 Å². The first-order chi connectivity index (χ1) is 3.27. The summed E-state index contributed by atoms with van der Waals surface area (Å²) in [7, 11) is 0. The van der Waals surface area contributed by atoms with Crippen LogP contribution in [0, 0.1) is 0 Å². The molecule has 0 bridgehead atoms. The minimum atomic E-state index is 0.140. The van der Waals surface area contributed by atoms with E-state index in [0.29, 0.717) is 6.42 Å². The van der Waals surface area contributed by atoms with Crippen LogP contribution < -0.4 is 5.73 Å². The number of nitrogens with two attached hydrogens (primary N) is 1. The molecule has 2 heteroatoms. The maximum absolute atomic E-state index is 8.38. The standard InChI is InChI=1S/C5H9NO/c1-5(7)3-2-4-6/h2,4,7H,1,3,6H2. The highest BCUT2D eigenvalue weighted by Gasteiger charge is 1.76. The number of aliphatic hydroxyl groups excluding tert-OH is 1. The molecule has 0 radical (unpaired) electrons. The van der Waals surface area contributed by atoms with Gasteiger partial charge in [-0.25, -0.2) is 0 Å². The monoisotopic (exact) mass is 99.1 g/mol. The molecule has 0 aliphatic heterocycles. The maximum atomic E-state index is 8.38. The third-order valence-corrected chi connectivity index (χ3v) is 0.490. The average molecular weight is 99.1 g/mol. The van der Waals surface area contributed by atoms with E-state index in [1.807, 2.05) is 0 Å². The van der Waals surface area contributed by atoms with Crippen molar-refractivity contribution in [2.24, 2.45) is 5.73 Å². The Bertz CT molecular complexity index is 86.1. The van der Waals surface area contributed by atoms with E-state index in [0.717, 1.165) is 0 Å². The molecular weight excluding hydrogens is 90.1 g/mol. The summed E-state index contributed by atoms with van der Waals surface area (Å²) in [6.45, 7) is 3.24. The first-order valence-corrected chi connectivity index (χ1v) is 2.01. The van der Waals surface area contributed by atoms with Crippen LogP contribution >= 0.6 is 0 Å². The predicted octanol–water partition coefficient (Wildman–Crippen LogP) is 0.921. The Morgan fingerprint density at radius 3 is 2.57 bits per heavy atom. The molecule has 0 fully saturated rings. The summed E-state index contributed by atoms with van der Waals surface area (Å²) in [5.41, 5.74) is 4.94. The number of hydrogen-bond donors (Lipinski definition) is 2. The van der Waals surface area contributed by atoms with Crippen molar-refractivity contribution in [3.05, 3.63) is 24.6 Å². The molecule has 40 valence electrons. The first-order valence-electron chi connectivity index (χ1n) is 2.01. The van der Waals surface area contributed by atoms with Crippen molar-refractivity contribution in [2.75, 3.05) is 0 Å². The third kappa shape index (κ3) is 5.08. The second-order valence-electron chi connectivity index (χ2n) is 1.20. The van der Waals surface area contributed by atoms with Crippen LogP contribution in [0.3, 0.4) is 0 Å². The van der Waals surface area contributed by atoms with Crippen LogP contribution in [0.25, 0.3) is 0 Å². The molecule has 0 aliphatic rings. The third-order valence-electron chi connectivity index (χ3n) is 0.490. The SMILES string of the molecule is C=C(O)CC=CN. The summed E-state index contributed by atoms with van der Waals surface area (Å²) in [5, 5.41) is 8.38. The van der Waals surface area contributed by atoms with E-state index in [4.69, 9.17) is 10.8 Å². The second-order valence-corrected chi connectivity index (χ2v) is 1.20. The molecule has 0 aromatic heterocycles. The van der Waals surface area contributed by atoms with E-state index in [-0.39, 0.29) is 5.76 Å². The molecule has 0 spiro atoms. The Hall–Kier alpha value is -0.920. The van der Waals surface area contributed by atoms with Crippen molar-refractivity contribution in [2.45, 2.75) is 6.42 Å². The fourth-order valence-electron chi connectivity index (χ4n) is 0.204. The van der Waals surface area contributed by atoms with Crippen LogP contribution in [0.5, 0.6) is 0 Å². The quantitative estimate of drug-likeness (QED) is 0.505. The summed E-state index contributed by atoms with van der Waals surface area (Å²) in [6, 6.07) is 0. The molecule has 0 aliphatic carbocycles. The molecule has 0 aromatic rings. The largest absolute Gasteiger partial charge is 0.513 e. The maximum Gasteiger partial charge on any atom is 0.0889 e. The van der Waals surface area contributed by atoms with Crippen LogP contribution in [0.15, 0.2) is 24.6 Å². The van der Waals surface area contributed by atoms with Crippen molar-refractivity contribution >= 4 is 0 Å². The molecule has 3 N–H and O–H groups in total. The zero-order valence-electron chi connectivity index (χ0n) is 4.09. The van der Waals surface area contributed by atoms with E-state index in [2.05, 4.69) is 6.58 Å². The smallest absolute Gasteiger partial charge is 0.0889 e. The van der Waals surface area contributed by atoms with Crippen LogP contribution in [0.1, 0.15) is 6.42 Å². The summed E-state index contributed by atoms with van der Waals surface area (Å²) >= 11 is 0. The molecule has 0 saturated carbocycles. The second kappa shape index (κ2) is 3.28. The lowest BCUT2D eigenvalue weighted by molar-refractivity contribution is 0.404. The van der Waals surface area contributed by atoms with Crippen molar-refractivity contribution in [1.82, 2.24) is 0 Å². The minimum Gasteiger partial charge on any atom is -0.513 e. The molecule has 0 aromatic carbocycles. The zero-order valence-corrected chi connectivity index (χ0v) is 4.09. The lowest BCUT2D eigenvalue weighted by Gasteiger charge is -1.84. The zero-order chi connectivity index (χ0) is 5.70. The van der Waals surface area contributed by atoms with Gasteiger partial charge in [-0.1, -0.05) is 12.7 Å². The molecule has 2 nitrogen and oxygen atoms in total. The normalized spacial score (nSPS) is 9.71. The minimum absolute atomic E-state index is 0.140. The van der Waals surface area contributed by atoms with E-state index in [9.17, 15) is 0 Å². The number of allylic oxidation sites excluding steroid dienone is 1. The van der Waals surface area contributed by atoms with Gasteiger partial charge in [-0.05, 0) is 6.20 Å². The van der Waals surface area contributed by atoms with Crippen molar-refractivity contribution in [1.29, 1.82) is 0 Å². The molecule has 0 atom stereocenters. The summed E-state index contributed by atoms with van der Waals surface area (Å²) in [4.78, 5) is 0. The van der Waals surface area contributed by atoms with E-state index in [1.54, 1.807) is 6.08 Å². The highest BCUT2D eigenvalue weighted by molar-refractivity contribution is 4.90. The molecule has 0 rings (SSSR count). The van der Waals surface area contributed by atoms with Gasteiger partial charge >= 0.3 is 0 Å². The van der Waals surface area contributed by atoms with Gasteiger partial charge in [-0.2, -0.15) is 0 Å².